The van der Waals surface area contributed by atoms with E-state index in [1.165, 1.54) is 0 Å². The third kappa shape index (κ3) is 6.95. The van der Waals surface area contributed by atoms with E-state index >= 15 is 0 Å². The van der Waals surface area contributed by atoms with E-state index in [0.29, 0.717) is 26.2 Å². The predicted octanol–water partition coefficient (Wildman–Crippen LogP) is 2.85. The van der Waals surface area contributed by atoms with Gasteiger partial charge in [0.2, 0.25) is 0 Å². The minimum absolute atomic E-state index is 0.193. The van der Waals surface area contributed by atoms with Crippen molar-refractivity contribution in [3.8, 4) is 0 Å². The molecule has 0 aromatic carbocycles. The molecule has 0 radical (unpaired) electrons. The van der Waals surface area contributed by atoms with Crippen molar-refractivity contribution < 1.29 is 27.6 Å². The number of carbonyl (C=O) groups excluding carboxylic acids is 2. The molecule has 1 rings (SSSR count). The number of allylic oxidation sites excluding steroid dienone is 2. The van der Waals surface area contributed by atoms with Gasteiger partial charge in [0.25, 0.3) is 0 Å². The molecule has 0 aliphatic carbocycles. The van der Waals surface area contributed by atoms with E-state index in [9.17, 15) is 9.59 Å². The van der Waals surface area contributed by atoms with Gasteiger partial charge in [-0.1, -0.05) is 12.2 Å². The van der Waals surface area contributed by atoms with Crippen LogP contribution in [0.15, 0.2) is 12.2 Å². The molecule has 23 heavy (non-hydrogen) atoms. The van der Waals surface area contributed by atoms with Crippen LogP contribution in [0.3, 0.4) is 0 Å². The highest BCUT2D eigenvalue weighted by molar-refractivity contribution is 6.60. The highest BCUT2D eigenvalue weighted by Crippen LogP contribution is 2.21. The molecule has 0 saturated carbocycles. The number of carbonyl (C=O) groups is 2. The zero-order valence-corrected chi connectivity index (χ0v) is 15.3. The number of hydrogen-bond acceptors (Lipinski definition) is 6. The van der Waals surface area contributed by atoms with Crippen molar-refractivity contribution in [2.45, 2.75) is 52.5 Å². The second-order valence-electron chi connectivity index (χ2n) is 5.28. The highest BCUT2D eigenvalue weighted by atomic mass is 28.4. The van der Waals surface area contributed by atoms with Gasteiger partial charge in [-0.25, -0.2) is 0 Å². The lowest BCUT2D eigenvalue weighted by Gasteiger charge is -2.28. The molecule has 0 aromatic rings. The molecular weight excluding hydrogens is 316 g/mol. The first kappa shape index (κ1) is 20.0. The summed E-state index contributed by atoms with van der Waals surface area (Å²) < 4.78 is 21.9. The van der Waals surface area contributed by atoms with Gasteiger partial charge in [0, 0.05) is 25.9 Å². The van der Waals surface area contributed by atoms with E-state index in [1.807, 2.05) is 32.9 Å². The van der Waals surface area contributed by atoms with Crippen LogP contribution in [0.1, 0.15) is 46.5 Å². The first-order valence-electron chi connectivity index (χ1n) is 8.38. The summed E-state index contributed by atoms with van der Waals surface area (Å²) in [5.41, 5.74) is 0. The minimum Gasteiger partial charge on any atom is -0.393 e. The summed E-state index contributed by atoms with van der Waals surface area (Å²) in [5.74, 6) is -1.15. The van der Waals surface area contributed by atoms with E-state index < -0.39 is 20.7 Å². The zero-order chi connectivity index (χ0) is 17.1. The van der Waals surface area contributed by atoms with Gasteiger partial charge in [0.1, 0.15) is 0 Å². The number of hydrogen-bond donors (Lipinski definition) is 0. The molecule has 1 heterocycles. The predicted molar refractivity (Wildman–Crippen MR) is 87.6 cm³/mol. The van der Waals surface area contributed by atoms with E-state index in [0.717, 1.165) is 18.9 Å². The van der Waals surface area contributed by atoms with Crippen LogP contribution in [0.4, 0.5) is 0 Å². The van der Waals surface area contributed by atoms with Crippen molar-refractivity contribution in [2.75, 3.05) is 19.8 Å². The molecular formula is C16H28O6Si. The Morgan fingerprint density at radius 1 is 1.09 bits per heavy atom. The largest absolute Gasteiger partial charge is 0.500 e. The SMILES string of the molecule is CCO[Si](CCCC=CCC1CC(=O)OC1=O)(OCC)OCC. The summed E-state index contributed by atoms with van der Waals surface area (Å²) in [6.07, 6.45) is 6.47. The Kier molecular flexibility index (Phi) is 9.31. The summed E-state index contributed by atoms with van der Waals surface area (Å²) in [6, 6.07) is 0.775. The first-order chi connectivity index (χ1) is 11.1. The molecule has 1 aliphatic heterocycles. The average molecular weight is 344 g/mol. The molecule has 1 unspecified atom stereocenters. The fourth-order valence-corrected chi connectivity index (χ4v) is 5.16. The first-order valence-corrected chi connectivity index (χ1v) is 10.3. The molecule has 0 N–H and O–H groups in total. The van der Waals surface area contributed by atoms with Crippen molar-refractivity contribution in [2.24, 2.45) is 5.92 Å². The zero-order valence-electron chi connectivity index (χ0n) is 14.3. The number of ether oxygens (including phenoxy) is 1. The van der Waals surface area contributed by atoms with Crippen LogP contribution >= 0.6 is 0 Å². The molecule has 1 saturated heterocycles. The van der Waals surface area contributed by atoms with Gasteiger partial charge in [-0.05, 0) is 40.0 Å². The number of cyclic esters (lactones) is 2. The van der Waals surface area contributed by atoms with Gasteiger partial charge in [-0.3, -0.25) is 9.59 Å². The summed E-state index contributed by atoms with van der Waals surface area (Å²) in [5, 5.41) is 0. The fraction of sp³-hybridized carbons (Fsp3) is 0.750. The van der Waals surface area contributed by atoms with E-state index in [-0.39, 0.29) is 12.3 Å². The molecule has 1 aliphatic rings. The van der Waals surface area contributed by atoms with Gasteiger partial charge in [-0.2, -0.15) is 0 Å². The molecule has 132 valence electrons. The Hall–Kier alpha value is -1.02. The van der Waals surface area contributed by atoms with Gasteiger partial charge in [0.15, 0.2) is 0 Å². The smallest absolute Gasteiger partial charge is 0.393 e. The number of esters is 2. The van der Waals surface area contributed by atoms with Crippen LogP contribution in [0.2, 0.25) is 6.04 Å². The summed E-state index contributed by atoms with van der Waals surface area (Å²) >= 11 is 0. The van der Waals surface area contributed by atoms with Crippen molar-refractivity contribution in [3.63, 3.8) is 0 Å². The van der Waals surface area contributed by atoms with Crippen molar-refractivity contribution >= 4 is 20.7 Å². The van der Waals surface area contributed by atoms with Gasteiger partial charge < -0.3 is 18.0 Å². The van der Waals surface area contributed by atoms with E-state index in [1.54, 1.807) is 0 Å². The summed E-state index contributed by atoms with van der Waals surface area (Å²) in [7, 11) is -2.55. The lowest BCUT2D eigenvalue weighted by molar-refractivity contribution is -0.153. The molecule has 0 bridgehead atoms. The maximum atomic E-state index is 11.3. The molecule has 0 spiro atoms. The Morgan fingerprint density at radius 2 is 1.70 bits per heavy atom. The normalized spacial score (nSPS) is 18.8. The van der Waals surface area contributed by atoms with Crippen LogP contribution in [0.5, 0.6) is 0 Å². The molecule has 1 fully saturated rings. The molecule has 0 aromatic heterocycles. The van der Waals surface area contributed by atoms with Crippen LogP contribution in [0.25, 0.3) is 0 Å². The van der Waals surface area contributed by atoms with Crippen molar-refractivity contribution in [1.82, 2.24) is 0 Å². The summed E-state index contributed by atoms with van der Waals surface area (Å²) in [6.45, 7) is 7.59. The maximum Gasteiger partial charge on any atom is 0.500 e. The van der Waals surface area contributed by atoms with Crippen LogP contribution < -0.4 is 0 Å². The Labute approximate surface area is 139 Å². The average Bonchev–Trinajstić information content (AvgIpc) is 2.81. The Bertz CT molecular complexity index is 392. The standard InChI is InChI=1S/C16H28O6Si/c1-4-19-23(20-5-2,21-6-3)12-10-8-7-9-11-14-13-15(17)22-16(14)18/h7,9,14H,4-6,8,10-13H2,1-3H3. The Morgan fingerprint density at radius 3 is 2.17 bits per heavy atom. The quantitative estimate of drug-likeness (QED) is 0.178. The Balaban J connectivity index is 2.33. The molecule has 6 nitrogen and oxygen atoms in total. The van der Waals surface area contributed by atoms with Crippen molar-refractivity contribution in [1.29, 1.82) is 0 Å². The van der Waals surface area contributed by atoms with Gasteiger partial charge in [-0.15, -0.1) is 0 Å². The van der Waals surface area contributed by atoms with Crippen LogP contribution in [-0.2, 0) is 27.6 Å². The lowest BCUT2D eigenvalue weighted by Crippen LogP contribution is -2.45. The third-order valence-electron chi connectivity index (χ3n) is 3.49. The summed E-state index contributed by atoms with van der Waals surface area (Å²) in [4.78, 5) is 22.3. The molecule has 0 amide bonds. The van der Waals surface area contributed by atoms with Crippen molar-refractivity contribution in [3.05, 3.63) is 12.2 Å². The molecule has 1 atom stereocenters. The molecule has 7 heteroatoms. The third-order valence-corrected chi connectivity index (χ3v) is 6.65. The van der Waals surface area contributed by atoms with E-state index in [2.05, 4.69) is 4.74 Å². The number of unbranched alkanes of at least 4 members (excludes halogenated alkanes) is 1. The monoisotopic (exact) mass is 344 g/mol. The second kappa shape index (κ2) is 10.7. The van der Waals surface area contributed by atoms with Gasteiger partial charge >= 0.3 is 20.7 Å². The lowest BCUT2D eigenvalue weighted by atomic mass is 10.0. The highest BCUT2D eigenvalue weighted by Gasteiger charge is 2.39. The number of rotatable bonds is 12. The topological polar surface area (TPSA) is 71.1 Å². The fourth-order valence-electron chi connectivity index (χ4n) is 2.52. The van der Waals surface area contributed by atoms with Crippen LogP contribution in [0, 0.1) is 5.92 Å². The van der Waals surface area contributed by atoms with E-state index in [4.69, 9.17) is 13.3 Å². The van der Waals surface area contributed by atoms with Gasteiger partial charge in [0.05, 0.1) is 12.3 Å². The maximum absolute atomic E-state index is 11.3. The minimum atomic E-state index is -2.55. The van der Waals surface area contributed by atoms with Crippen LogP contribution in [-0.4, -0.2) is 40.6 Å². The second-order valence-corrected chi connectivity index (χ2v) is 8.01.